The normalized spacial score (nSPS) is 10.7. The summed E-state index contributed by atoms with van der Waals surface area (Å²) in [7, 11) is 1.98. The van der Waals surface area contributed by atoms with Crippen LogP contribution in [0.3, 0.4) is 0 Å². The molecule has 9 heavy (non-hydrogen) atoms. The quantitative estimate of drug-likeness (QED) is 0.557. The van der Waals surface area contributed by atoms with Crippen LogP contribution in [0.25, 0.3) is 0 Å². The summed E-state index contributed by atoms with van der Waals surface area (Å²) in [5.41, 5.74) is 0. The van der Waals surface area contributed by atoms with Gasteiger partial charge in [0.1, 0.15) is 0 Å². The number of unbranched alkanes of at least 4 members (excludes halogenated alkanes) is 1. The molecule has 1 radical (unpaired) electrons. The summed E-state index contributed by atoms with van der Waals surface area (Å²) in [6.45, 7) is 5.56. The van der Waals surface area contributed by atoms with E-state index in [1.54, 1.807) is 0 Å². The molecule has 0 saturated heterocycles. The third kappa shape index (κ3) is 7.96. The average Bonchev–Trinajstić information content (AvgIpc) is 1.80. The molecular formula is C8H18N. The molecule has 0 heterocycles. The van der Waals surface area contributed by atoms with Gasteiger partial charge in [-0.3, -0.25) is 0 Å². The molecule has 0 aromatic rings. The van der Waals surface area contributed by atoms with Crippen LogP contribution in [0.4, 0.5) is 0 Å². The number of rotatable bonds is 5. The monoisotopic (exact) mass is 128 g/mol. The van der Waals surface area contributed by atoms with Crippen molar-refractivity contribution in [2.24, 2.45) is 5.92 Å². The highest BCUT2D eigenvalue weighted by molar-refractivity contribution is 4.66. The standard InChI is InChI=1S/C8H18N/c1-8(2)6-4-5-7-9-3/h5,8-9H,4,6-7H2,1-3H3. The fourth-order valence-corrected chi connectivity index (χ4v) is 0.698. The first kappa shape index (κ1) is 8.96. The van der Waals surface area contributed by atoms with Crippen LogP contribution < -0.4 is 5.32 Å². The van der Waals surface area contributed by atoms with Gasteiger partial charge in [0.15, 0.2) is 0 Å². The lowest BCUT2D eigenvalue weighted by molar-refractivity contribution is 0.575. The van der Waals surface area contributed by atoms with Gasteiger partial charge in [-0.2, -0.15) is 0 Å². The van der Waals surface area contributed by atoms with Gasteiger partial charge in [-0.15, -0.1) is 0 Å². The number of nitrogens with one attached hydrogen (secondary N) is 1. The van der Waals surface area contributed by atoms with Crippen molar-refractivity contribution in [1.29, 1.82) is 0 Å². The smallest absolute Gasteiger partial charge is 0.00204 e. The van der Waals surface area contributed by atoms with Crippen molar-refractivity contribution in [1.82, 2.24) is 5.32 Å². The Morgan fingerprint density at radius 2 is 2.11 bits per heavy atom. The zero-order chi connectivity index (χ0) is 7.11. The Hall–Kier alpha value is -0.0400. The molecule has 0 rings (SSSR count). The second-order valence-corrected chi connectivity index (χ2v) is 2.82. The molecule has 0 bridgehead atoms. The molecule has 0 saturated carbocycles. The van der Waals surface area contributed by atoms with Crippen LogP contribution in [-0.4, -0.2) is 13.6 Å². The van der Waals surface area contributed by atoms with E-state index in [0.717, 1.165) is 12.5 Å². The third-order valence-corrected chi connectivity index (χ3v) is 1.30. The summed E-state index contributed by atoms with van der Waals surface area (Å²) < 4.78 is 0. The molecule has 0 aliphatic heterocycles. The Morgan fingerprint density at radius 1 is 1.44 bits per heavy atom. The zero-order valence-electron chi connectivity index (χ0n) is 6.78. The minimum absolute atomic E-state index is 0.845. The van der Waals surface area contributed by atoms with Crippen LogP contribution in [-0.2, 0) is 0 Å². The van der Waals surface area contributed by atoms with Crippen molar-refractivity contribution in [2.75, 3.05) is 13.6 Å². The van der Waals surface area contributed by atoms with E-state index in [-0.39, 0.29) is 0 Å². The van der Waals surface area contributed by atoms with E-state index in [2.05, 4.69) is 25.6 Å². The van der Waals surface area contributed by atoms with E-state index in [9.17, 15) is 0 Å². The maximum Gasteiger partial charge on any atom is -0.00204 e. The zero-order valence-corrected chi connectivity index (χ0v) is 6.78. The van der Waals surface area contributed by atoms with Crippen LogP contribution in [0.5, 0.6) is 0 Å². The van der Waals surface area contributed by atoms with Crippen LogP contribution in [0.2, 0.25) is 0 Å². The van der Waals surface area contributed by atoms with E-state index in [1.165, 1.54) is 12.8 Å². The maximum absolute atomic E-state index is 3.09. The van der Waals surface area contributed by atoms with Gasteiger partial charge in [0.25, 0.3) is 0 Å². The van der Waals surface area contributed by atoms with Gasteiger partial charge in [-0.25, -0.2) is 0 Å². The van der Waals surface area contributed by atoms with Crippen molar-refractivity contribution in [3.63, 3.8) is 0 Å². The van der Waals surface area contributed by atoms with Crippen molar-refractivity contribution in [2.45, 2.75) is 26.7 Å². The lowest BCUT2D eigenvalue weighted by Gasteiger charge is -2.02. The predicted octanol–water partition coefficient (Wildman–Crippen LogP) is 1.85. The van der Waals surface area contributed by atoms with Gasteiger partial charge in [-0.1, -0.05) is 20.3 Å². The molecule has 0 aromatic carbocycles. The second kappa shape index (κ2) is 6.09. The first-order valence-corrected chi connectivity index (χ1v) is 3.73. The summed E-state index contributed by atoms with van der Waals surface area (Å²) in [4.78, 5) is 0. The topological polar surface area (TPSA) is 12.0 Å². The van der Waals surface area contributed by atoms with E-state index in [4.69, 9.17) is 0 Å². The Morgan fingerprint density at radius 3 is 2.56 bits per heavy atom. The maximum atomic E-state index is 3.09. The van der Waals surface area contributed by atoms with Gasteiger partial charge in [0.2, 0.25) is 0 Å². The summed E-state index contributed by atoms with van der Waals surface area (Å²) >= 11 is 0. The average molecular weight is 128 g/mol. The minimum Gasteiger partial charge on any atom is -0.319 e. The largest absolute Gasteiger partial charge is 0.319 e. The van der Waals surface area contributed by atoms with Gasteiger partial charge in [0, 0.05) is 0 Å². The molecule has 0 aliphatic carbocycles. The fourth-order valence-electron chi connectivity index (χ4n) is 0.698. The van der Waals surface area contributed by atoms with Crippen LogP contribution in [0.1, 0.15) is 26.7 Å². The molecular weight excluding hydrogens is 110 g/mol. The molecule has 1 heteroatoms. The summed E-state index contributed by atoms with van der Waals surface area (Å²) in [5, 5.41) is 3.09. The summed E-state index contributed by atoms with van der Waals surface area (Å²) in [6, 6.07) is 0. The highest BCUT2D eigenvalue weighted by Crippen LogP contribution is 2.03. The van der Waals surface area contributed by atoms with Crippen LogP contribution in [0, 0.1) is 12.3 Å². The third-order valence-electron chi connectivity index (χ3n) is 1.30. The molecule has 0 unspecified atom stereocenters. The summed E-state index contributed by atoms with van der Waals surface area (Å²) in [6.07, 6.45) is 4.86. The Balaban J connectivity index is 2.75. The lowest BCUT2D eigenvalue weighted by Crippen LogP contribution is -2.08. The summed E-state index contributed by atoms with van der Waals surface area (Å²) in [5.74, 6) is 0.845. The van der Waals surface area contributed by atoms with Crippen molar-refractivity contribution in [3.8, 4) is 0 Å². The lowest BCUT2D eigenvalue weighted by atomic mass is 10.1. The SMILES string of the molecule is CNC[CH]CCC(C)C. The Kier molecular flexibility index (Phi) is 6.06. The Bertz CT molecular complexity index is 50.5. The molecule has 0 atom stereocenters. The molecule has 0 amide bonds. The first-order chi connectivity index (χ1) is 4.27. The van der Waals surface area contributed by atoms with Crippen LogP contribution >= 0.6 is 0 Å². The number of hydrogen-bond acceptors (Lipinski definition) is 1. The first-order valence-electron chi connectivity index (χ1n) is 3.73. The molecule has 0 spiro atoms. The van der Waals surface area contributed by atoms with Gasteiger partial charge < -0.3 is 5.32 Å². The van der Waals surface area contributed by atoms with Gasteiger partial charge in [0.05, 0.1) is 0 Å². The van der Waals surface area contributed by atoms with E-state index < -0.39 is 0 Å². The van der Waals surface area contributed by atoms with Crippen LogP contribution in [0.15, 0.2) is 0 Å². The van der Waals surface area contributed by atoms with Crippen molar-refractivity contribution < 1.29 is 0 Å². The van der Waals surface area contributed by atoms with E-state index >= 15 is 0 Å². The van der Waals surface area contributed by atoms with Gasteiger partial charge in [-0.05, 0) is 32.4 Å². The Labute approximate surface area is 58.8 Å². The van der Waals surface area contributed by atoms with Crippen molar-refractivity contribution in [3.05, 3.63) is 6.42 Å². The number of hydrogen-bond donors (Lipinski definition) is 1. The highest BCUT2D eigenvalue weighted by atomic mass is 14.8. The predicted molar refractivity (Wildman–Crippen MR) is 42.3 cm³/mol. The fraction of sp³-hybridized carbons (Fsp3) is 0.875. The molecule has 1 N–H and O–H groups in total. The van der Waals surface area contributed by atoms with E-state index in [1.807, 2.05) is 7.05 Å². The molecule has 55 valence electrons. The van der Waals surface area contributed by atoms with E-state index in [0.29, 0.717) is 0 Å². The highest BCUT2D eigenvalue weighted by Gasteiger charge is 1.91. The minimum atomic E-state index is 0.845. The molecule has 0 fully saturated rings. The molecule has 0 aliphatic rings. The molecule has 0 aromatic heterocycles. The van der Waals surface area contributed by atoms with Crippen molar-refractivity contribution >= 4 is 0 Å². The van der Waals surface area contributed by atoms with Gasteiger partial charge >= 0.3 is 0 Å². The second-order valence-electron chi connectivity index (χ2n) is 2.82. The molecule has 1 nitrogen and oxygen atoms in total.